The van der Waals surface area contributed by atoms with E-state index in [9.17, 15) is 9.59 Å². The van der Waals surface area contributed by atoms with Crippen LogP contribution in [0.25, 0.3) is 6.08 Å². The molecule has 7 heteroatoms. The molecule has 0 aliphatic rings. The minimum Gasteiger partial charge on any atom is -0.478 e. The van der Waals surface area contributed by atoms with Crippen molar-refractivity contribution in [3.8, 4) is 0 Å². The summed E-state index contributed by atoms with van der Waals surface area (Å²) in [6, 6.07) is 1.74. The zero-order valence-electron chi connectivity index (χ0n) is 12.0. The number of thiophene rings is 1. The Bertz CT molecular complexity index is 509. The summed E-state index contributed by atoms with van der Waals surface area (Å²) in [5.74, 6) is -1.20. The summed E-state index contributed by atoms with van der Waals surface area (Å²) in [6.07, 6.45) is 2.55. The van der Waals surface area contributed by atoms with Crippen molar-refractivity contribution in [2.75, 3.05) is 33.5 Å². The molecule has 116 valence electrons. The second kappa shape index (κ2) is 9.28. The van der Waals surface area contributed by atoms with Gasteiger partial charge in [0.2, 0.25) is 0 Å². The third kappa shape index (κ3) is 6.52. The maximum absolute atomic E-state index is 11.9. The fraction of sp³-hybridized carbons (Fsp3) is 0.429. The van der Waals surface area contributed by atoms with E-state index in [-0.39, 0.29) is 5.91 Å². The molecule has 0 bridgehead atoms. The topological polar surface area (TPSA) is 84.9 Å². The van der Waals surface area contributed by atoms with E-state index in [0.717, 1.165) is 16.5 Å². The quantitative estimate of drug-likeness (QED) is 0.534. The van der Waals surface area contributed by atoms with Crippen LogP contribution in [-0.2, 0) is 14.3 Å². The zero-order chi connectivity index (χ0) is 15.7. The van der Waals surface area contributed by atoms with E-state index >= 15 is 0 Å². The van der Waals surface area contributed by atoms with Crippen molar-refractivity contribution in [3.63, 3.8) is 0 Å². The molecular weight excluding hydrogens is 294 g/mol. The van der Waals surface area contributed by atoms with Crippen LogP contribution >= 0.6 is 11.3 Å². The molecular formula is C14H19NO5S. The molecule has 21 heavy (non-hydrogen) atoms. The molecule has 0 unspecified atom stereocenters. The number of carbonyl (C=O) groups is 2. The molecule has 0 aliphatic carbocycles. The van der Waals surface area contributed by atoms with E-state index in [1.807, 2.05) is 6.92 Å². The van der Waals surface area contributed by atoms with Crippen molar-refractivity contribution in [1.29, 1.82) is 0 Å². The van der Waals surface area contributed by atoms with Gasteiger partial charge < -0.3 is 19.9 Å². The van der Waals surface area contributed by atoms with E-state index in [1.165, 1.54) is 17.4 Å². The van der Waals surface area contributed by atoms with Gasteiger partial charge in [0.25, 0.3) is 5.91 Å². The van der Waals surface area contributed by atoms with Crippen molar-refractivity contribution in [1.82, 2.24) is 5.32 Å². The van der Waals surface area contributed by atoms with Crippen LogP contribution in [0.4, 0.5) is 0 Å². The number of amides is 1. The molecule has 0 saturated carbocycles. The molecule has 1 amide bonds. The fourth-order valence-corrected chi connectivity index (χ4v) is 2.48. The standard InChI is InChI=1S/C14H19NO5S/c1-10-9-12(21-11(10)3-4-13(16)17)14(18)15-5-6-20-8-7-19-2/h3-4,9H,5-8H2,1-2H3,(H,15,18)(H,16,17)/b4-3+. The van der Waals surface area contributed by atoms with Gasteiger partial charge in [-0.3, -0.25) is 4.79 Å². The molecule has 6 nitrogen and oxygen atoms in total. The second-order valence-electron chi connectivity index (χ2n) is 4.19. The molecule has 2 N–H and O–H groups in total. The van der Waals surface area contributed by atoms with Crippen LogP contribution in [0.5, 0.6) is 0 Å². The van der Waals surface area contributed by atoms with Gasteiger partial charge in [-0.25, -0.2) is 4.79 Å². The average molecular weight is 313 g/mol. The van der Waals surface area contributed by atoms with Crippen LogP contribution in [-0.4, -0.2) is 50.5 Å². The largest absolute Gasteiger partial charge is 0.478 e. The highest BCUT2D eigenvalue weighted by Crippen LogP contribution is 2.23. The van der Waals surface area contributed by atoms with Crippen LogP contribution in [0, 0.1) is 6.92 Å². The van der Waals surface area contributed by atoms with Gasteiger partial charge in [0, 0.05) is 24.6 Å². The van der Waals surface area contributed by atoms with Gasteiger partial charge in [-0.1, -0.05) is 0 Å². The van der Waals surface area contributed by atoms with Crippen molar-refractivity contribution in [2.24, 2.45) is 0 Å². The highest BCUT2D eigenvalue weighted by molar-refractivity contribution is 7.15. The predicted octanol–water partition coefficient (Wildman–Crippen LogP) is 1.55. The van der Waals surface area contributed by atoms with E-state index in [2.05, 4.69) is 5.32 Å². The van der Waals surface area contributed by atoms with E-state index < -0.39 is 5.97 Å². The number of methoxy groups -OCH3 is 1. The first-order valence-electron chi connectivity index (χ1n) is 6.41. The van der Waals surface area contributed by atoms with Crippen LogP contribution < -0.4 is 5.32 Å². The number of carbonyl (C=O) groups excluding carboxylic acids is 1. The average Bonchev–Trinajstić information content (AvgIpc) is 2.81. The Kier molecular flexibility index (Phi) is 7.66. The molecule has 1 heterocycles. The Balaban J connectivity index is 2.44. The lowest BCUT2D eigenvalue weighted by Crippen LogP contribution is -2.26. The summed E-state index contributed by atoms with van der Waals surface area (Å²) in [5, 5.41) is 11.3. The van der Waals surface area contributed by atoms with Crippen LogP contribution in [0.1, 0.15) is 20.1 Å². The number of rotatable bonds is 9. The Labute approximate surface area is 127 Å². The third-order valence-electron chi connectivity index (χ3n) is 2.52. The first-order chi connectivity index (χ1) is 10.0. The number of aryl methyl sites for hydroxylation is 1. The Morgan fingerprint density at radius 1 is 1.38 bits per heavy atom. The molecule has 1 aromatic heterocycles. The minimum atomic E-state index is -1.01. The molecule has 0 radical (unpaired) electrons. The summed E-state index contributed by atoms with van der Waals surface area (Å²) in [6.45, 7) is 3.69. The number of carboxylic acid groups (broad SMARTS) is 1. The monoisotopic (exact) mass is 313 g/mol. The van der Waals surface area contributed by atoms with Gasteiger partial charge >= 0.3 is 5.97 Å². The van der Waals surface area contributed by atoms with Crippen molar-refractivity contribution < 1.29 is 24.2 Å². The zero-order valence-corrected chi connectivity index (χ0v) is 12.9. The third-order valence-corrected chi connectivity index (χ3v) is 3.72. The van der Waals surface area contributed by atoms with Gasteiger partial charge in [0.05, 0.1) is 24.7 Å². The SMILES string of the molecule is COCCOCCNC(=O)c1cc(C)c(/C=C/C(=O)O)s1. The van der Waals surface area contributed by atoms with Gasteiger partial charge in [-0.15, -0.1) is 11.3 Å². The number of ether oxygens (including phenoxy) is 2. The predicted molar refractivity (Wildman–Crippen MR) is 80.8 cm³/mol. The molecule has 0 aromatic carbocycles. The number of aliphatic carboxylic acids is 1. The maximum Gasteiger partial charge on any atom is 0.328 e. The smallest absolute Gasteiger partial charge is 0.328 e. The van der Waals surface area contributed by atoms with Gasteiger partial charge in [-0.2, -0.15) is 0 Å². The lowest BCUT2D eigenvalue weighted by atomic mass is 10.2. The molecule has 0 aliphatic heterocycles. The summed E-state index contributed by atoms with van der Waals surface area (Å²) < 4.78 is 10.1. The fourth-order valence-electron chi connectivity index (χ4n) is 1.49. The molecule has 0 atom stereocenters. The van der Waals surface area contributed by atoms with Crippen molar-refractivity contribution in [3.05, 3.63) is 27.5 Å². The highest BCUT2D eigenvalue weighted by atomic mass is 32.1. The summed E-state index contributed by atoms with van der Waals surface area (Å²) in [5.41, 5.74) is 0.874. The molecule has 1 aromatic rings. The number of hydrogen-bond donors (Lipinski definition) is 2. The summed E-state index contributed by atoms with van der Waals surface area (Å²) in [7, 11) is 1.60. The molecule has 0 saturated heterocycles. The van der Waals surface area contributed by atoms with E-state index in [1.54, 1.807) is 13.2 Å². The van der Waals surface area contributed by atoms with E-state index in [4.69, 9.17) is 14.6 Å². The Hall–Kier alpha value is -1.70. The van der Waals surface area contributed by atoms with Crippen LogP contribution in [0.2, 0.25) is 0 Å². The van der Waals surface area contributed by atoms with Gasteiger partial charge in [-0.05, 0) is 24.6 Å². The maximum atomic E-state index is 11.9. The van der Waals surface area contributed by atoms with Crippen LogP contribution in [0.15, 0.2) is 12.1 Å². The summed E-state index contributed by atoms with van der Waals surface area (Å²) in [4.78, 5) is 23.7. The minimum absolute atomic E-state index is 0.187. The normalized spacial score (nSPS) is 11.0. The lowest BCUT2D eigenvalue weighted by Gasteiger charge is -2.04. The van der Waals surface area contributed by atoms with Crippen molar-refractivity contribution >= 4 is 29.3 Å². The van der Waals surface area contributed by atoms with Gasteiger partial charge in [0.1, 0.15) is 0 Å². The van der Waals surface area contributed by atoms with Crippen molar-refractivity contribution in [2.45, 2.75) is 6.92 Å². The highest BCUT2D eigenvalue weighted by Gasteiger charge is 2.10. The Morgan fingerprint density at radius 2 is 2.14 bits per heavy atom. The number of nitrogens with one attached hydrogen (secondary N) is 1. The second-order valence-corrected chi connectivity index (χ2v) is 5.27. The first-order valence-corrected chi connectivity index (χ1v) is 7.22. The Morgan fingerprint density at radius 3 is 2.81 bits per heavy atom. The number of carboxylic acids is 1. The first kappa shape index (κ1) is 17.4. The molecule has 1 rings (SSSR count). The number of hydrogen-bond acceptors (Lipinski definition) is 5. The van der Waals surface area contributed by atoms with Crippen LogP contribution in [0.3, 0.4) is 0 Å². The van der Waals surface area contributed by atoms with E-state index in [0.29, 0.717) is 31.2 Å². The lowest BCUT2D eigenvalue weighted by molar-refractivity contribution is -0.131. The molecule has 0 spiro atoms. The summed E-state index contributed by atoms with van der Waals surface area (Å²) >= 11 is 1.26. The van der Waals surface area contributed by atoms with Gasteiger partial charge in [0.15, 0.2) is 0 Å². The molecule has 0 fully saturated rings.